The van der Waals surface area contributed by atoms with E-state index in [9.17, 15) is 12.8 Å². The number of nitrogens with zero attached hydrogens (tertiary/aromatic N) is 1. The van der Waals surface area contributed by atoms with Crippen molar-refractivity contribution in [3.8, 4) is 11.3 Å². The van der Waals surface area contributed by atoms with Crippen LogP contribution in [0.2, 0.25) is 5.02 Å². The molecule has 1 heterocycles. The lowest BCUT2D eigenvalue weighted by Crippen LogP contribution is -2.18. The minimum absolute atomic E-state index is 0.00140. The summed E-state index contributed by atoms with van der Waals surface area (Å²) in [5.74, 6) is -0.703. The van der Waals surface area contributed by atoms with Crippen molar-refractivity contribution in [3.05, 3.63) is 71.0 Å². The van der Waals surface area contributed by atoms with Crippen LogP contribution in [0.1, 0.15) is 5.56 Å². The molecule has 0 aliphatic carbocycles. The maximum absolute atomic E-state index is 13.6. The highest BCUT2D eigenvalue weighted by Crippen LogP contribution is 2.24. The van der Waals surface area contributed by atoms with Gasteiger partial charge in [-0.25, -0.2) is 12.8 Å². The zero-order chi connectivity index (χ0) is 17.9. The first-order valence-corrected chi connectivity index (χ1v) is 9.42. The second-order valence-corrected chi connectivity index (χ2v) is 7.62. The van der Waals surface area contributed by atoms with Gasteiger partial charge in [-0.05, 0) is 30.2 Å². The summed E-state index contributed by atoms with van der Waals surface area (Å²) in [6.45, 7) is 0. The summed E-state index contributed by atoms with van der Waals surface area (Å²) >= 11 is 5.83. The van der Waals surface area contributed by atoms with Gasteiger partial charge in [-0.2, -0.15) is 0 Å². The van der Waals surface area contributed by atoms with Gasteiger partial charge in [0.05, 0.1) is 5.75 Å². The number of benzene rings is 2. The fourth-order valence-electron chi connectivity index (χ4n) is 2.23. The Morgan fingerprint density at radius 1 is 1.12 bits per heavy atom. The summed E-state index contributed by atoms with van der Waals surface area (Å²) in [5, 5.41) is 4.41. The van der Waals surface area contributed by atoms with Crippen LogP contribution in [0.3, 0.4) is 0 Å². The fraction of sp³-hybridized carbons (Fsp3) is 0.118. The molecule has 0 bridgehead atoms. The van der Waals surface area contributed by atoms with Crippen LogP contribution in [0.4, 0.5) is 10.3 Å². The molecular weight excluding hydrogens is 367 g/mol. The van der Waals surface area contributed by atoms with E-state index >= 15 is 0 Å². The normalized spacial score (nSPS) is 11.4. The molecule has 1 N–H and O–H groups in total. The highest BCUT2D eigenvalue weighted by molar-refractivity contribution is 7.92. The molecule has 0 saturated carbocycles. The molecule has 3 rings (SSSR count). The van der Waals surface area contributed by atoms with Gasteiger partial charge in [0.2, 0.25) is 15.9 Å². The first kappa shape index (κ1) is 17.4. The zero-order valence-corrected chi connectivity index (χ0v) is 14.5. The van der Waals surface area contributed by atoms with E-state index in [1.807, 2.05) is 0 Å². The summed E-state index contributed by atoms with van der Waals surface area (Å²) < 4.78 is 45.1. The number of nitrogens with one attached hydrogen (secondary N) is 1. The third-order valence-electron chi connectivity index (χ3n) is 3.50. The number of sulfonamides is 1. The number of rotatable bonds is 6. The first-order chi connectivity index (χ1) is 11.9. The number of anilines is 1. The van der Waals surface area contributed by atoms with E-state index < -0.39 is 15.8 Å². The summed E-state index contributed by atoms with van der Waals surface area (Å²) in [5.41, 5.74) is 1.56. The van der Waals surface area contributed by atoms with E-state index in [4.69, 9.17) is 16.1 Å². The molecular formula is C17H14ClFN2O3S. The smallest absolute Gasteiger partial charge is 0.238 e. The summed E-state index contributed by atoms with van der Waals surface area (Å²) in [6, 6.07) is 14.4. The predicted octanol–water partition coefficient (Wildman–Crippen LogP) is 4.12. The van der Waals surface area contributed by atoms with Crippen LogP contribution >= 0.6 is 11.6 Å². The van der Waals surface area contributed by atoms with Crippen LogP contribution in [0, 0.1) is 5.82 Å². The lowest BCUT2D eigenvalue weighted by Gasteiger charge is -2.05. The van der Waals surface area contributed by atoms with Gasteiger partial charge < -0.3 is 4.52 Å². The van der Waals surface area contributed by atoms with Gasteiger partial charge in [0.15, 0.2) is 0 Å². The van der Waals surface area contributed by atoms with Gasteiger partial charge in [0.1, 0.15) is 11.5 Å². The molecule has 5 nitrogen and oxygen atoms in total. The molecule has 0 unspecified atom stereocenters. The van der Waals surface area contributed by atoms with Crippen LogP contribution in [-0.2, 0) is 16.4 Å². The van der Waals surface area contributed by atoms with Gasteiger partial charge in [0, 0.05) is 16.7 Å². The Balaban J connectivity index is 1.67. The van der Waals surface area contributed by atoms with Crippen molar-refractivity contribution in [1.29, 1.82) is 0 Å². The van der Waals surface area contributed by atoms with Gasteiger partial charge in [0.25, 0.3) is 0 Å². The molecule has 0 aliphatic heterocycles. The van der Waals surface area contributed by atoms with Crippen molar-refractivity contribution in [1.82, 2.24) is 5.16 Å². The maximum Gasteiger partial charge on any atom is 0.238 e. The molecule has 0 saturated heterocycles. The van der Waals surface area contributed by atoms with E-state index in [0.717, 1.165) is 5.56 Å². The van der Waals surface area contributed by atoms with Crippen molar-refractivity contribution in [2.45, 2.75) is 6.42 Å². The number of hydrogen-bond acceptors (Lipinski definition) is 4. The van der Waals surface area contributed by atoms with Crippen molar-refractivity contribution < 1.29 is 17.3 Å². The van der Waals surface area contributed by atoms with Crippen LogP contribution in [-0.4, -0.2) is 19.3 Å². The number of halogens is 2. The largest absolute Gasteiger partial charge is 0.337 e. The second kappa shape index (κ2) is 7.25. The molecule has 130 valence electrons. The number of hydrogen-bond donors (Lipinski definition) is 1. The Labute approximate surface area is 149 Å². The Morgan fingerprint density at radius 3 is 2.56 bits per heavy atom. The molecule has 0 amide bonds. The second-order valence-electron chi connectivity index (χ2n) is 5.35. The van der Waals surface area contributed by atoms with Crippen molar-refractivity contribution >= 4 is 27.5 Å². The van der Waals surface area contributed by atoms with E-state index in [0.29, 0.717) is 16.3 Å². The minimum Gasteiger partial charge on any atom is -0.337 e. The molecule has 3 aromatic rings. The van der Waals surface area contributed by atoms with E-state index in [1.54, 1.807) is 42.5 Å². The molecule has 0 spiro atoms. The third kappa shape index (κ3) is 4.58. The van der Waals surface area contributed by atoms with Gasteiger partial charge in [-0.1, -0.05) is 47.1 Å². The Bertz CT molecular complexity index is 972. The standard InChI is InChI=1S/C17H14ClFN2O3S/c18-14-7-5-13(6-8-14)16-11-17(24-20-16)21-25(22,23)10-9-12-3-1-2-4-15(12)19/h1-8,11,21H,9-10H2. The summed E-state index contributed by atoms with van der Waals surface area (Å²) in [6.07, 6.45) is 0.0557. The van der Waals surface area contributed by atoms with Crippen LogP contribution < -0.4 is 4.72 Å². The van der Waals surface area contributed by atoms with E-state index in [1.165, 1.54) is 12.1 Å². The van der Waals surface area contributed by atoms with Gasteiger partial charge in [-0.15, -0.1) is 0 Å². The molecule has 0 radical (unpaired) electrons. The minimum atomic E-state index is -3.70. The van der Waals surface area contributed by atoms with Crippen molar-refractivity contribution in [2.75, 3.05) is 10.5 Å². The first-order valence-electron chi connectivity index (χ1n) is 7.39. The molecule has 0 aliphatic rings. The van der Waals surface area contributed by atoms with Crippen molar-refractivity contribution in [2.24, 2.45) is 0 Å². The highest BCUT2D eigenvalue weighted by atomic mass is 35.5. The molecule has 2 aromatic carbocycles. The Hall–Kier alpha value is -2.38. The monoisotopic (exact) mass is 380 g/mol. The number of aryl methyl sites for hydroxylation is 1. The Morgan fingerprint density at radius 2 is 1.84 bits per heavy atom. The van der Waals surface area contributed by atoms with Crippen LogP contribution in [0.5, 0.6) is 0 Å². The molecule has 1 aromatic heterocycles. The van der Waals surface area contributed by atoms with Crippen LogP contribution in [0.25, 0.3) is 11.3 Å². The third-order valence-corrected chi connectivity index (χ3v) is 5.01. The highest BCUT2D eigenvalue weighted by Gasteiger charge is 2.16. The van der Waals surface area contributed by atoms with Gasteiger partial charge in [-0.3, -0.25) is 4.72 Å². The quantitative estimate of drug-likeness (QED) is 0.698. The SMILES string of the molecule is O=S(=O)(CCc1ccccc1F)Nc1cc(-c2ccc(Cl)cc2)no1. The zero-order valence-electron chi connectivity index (χ0n) is 12.9. The van der Waals surface area contributed by atoms with Crippen molar-refractivity contribution in [3.63, 3.8) is 0 Å². The molecule has 0 atom stereocenters. The van der Waals surface area contributed by atoms with E-state index in [2.05, 4.69) is 9.88 Å². The van der Waals surface area contributed by atoms with Crippen LogP contribution in [0.15, 0.2) is 59.1 Å². The average Bonchev–Trinajstić information content (AvgIpc) is 3.02. The average molecular weight is 381 g/mol. The maximum atomic E-state index is 13.6. The summed E-state index contributed by atoms with van der Waals surface area (Å²) in [4.78, 5) is 0. The topological polar surface area (TPSA) is 72.2 Å². The lowest BCUT2D eigenvalue weighted by molar-refractivity contribution is 0.438. The number of aromatic nitrogens is 1. The lowest BCUT2D eigenvalue weighted by atomic mass is 10.1. The molecule has 8 heteroatoms. The predicted molar refractivity (Wildman–Crippen MR) is 94.5 cm³/mol. The van der Waals surface area contributed by atoms with E-state index in [-0.39, 0.29) is 18.1 Å². The van der Waals surface area contributed by atoms with Gasteiger partial charge >= 0.3 is 0 Å². The molecule has 25 heavy (non-hydrogen) atoms. The Kier molecular flexibility index (Phi) is 5.06. The fourth-order valence-corrected chi connectivity index (χ4v) is 3.35. The molecule has 0 fully saturated rings. The summed E-state index contributed by atoms with van der Waals surface area (Å²) in [7, 11) is -3.70.